The third kappa shape index (κ3) is 3.58. The maximum absolute atomic E-state index is 12.8. The summed E-state index contributed by atoms with van der Waals surface area (Å²) in [5, 5.41) is 1.52. The summed E-state index contributed by atoms with van der Waals surface area (Å²) >= 11 is 6.94. The number of hydrogen-bond acceptors (Lipinski definition) is 3. The van der Waals surface area contributed by atoms with E-state index in [1.54, 1.807) is 12.1 Å². The van der Waals surface area contributed by atoms with Crippen LogP contribution in [0.3, 0.4) is 0 Å². The molecule has 0 radical (unpaired) electrons. The molecular weight excluding hydrogens is 321 g/mol. The van der Waals surface area contributed by atoms with Crippen LogP contribution in [0, 0.1) is 5.82 Å². The van der Waals surface area contributed by atoms with Gasteiger partial charge in [0.15, 0.2) is 0 Å². The van der Waals surface area contributed by atoms with Crippen LogP contribution in [-0.4, -0.2) is 26.3 Å². The second kappa shape index (κ2) is 6.22. The van der Waals surface area contributed by atoms with Crippen molar-refractivity contribution >= 4 is 33.0 Å². The molecule has 0 fully saturated rings. The normalized spacial score (nSPS) is 12.0. The summed E-state index contributed by atoms with van der Waals surface area (Å²) in [5.41, 5.74) is 0.886. The van der Waals surface area contributed by atoms with Gasteiger partial charge in [0, 0.05) is 19.0 Å². The standard InChI is InChI=1S/C13H13ClFNO2S2/c1-16(7-6-10-2-4-11(15)5-3-10)20(17,18)12-8-13(14)19-9-12/h2-5,8-9H,6-7H2,1H3. The molecule has 0 spiro atoms. The Morgan fingerprint density at radius 1 is 1.30 bits per heavy atom. The van der Waals surface area contributed by atoms with Gasteiger partial charge in [-0.15, -0.1) is 11.3 Å². The van der Waals surface area contributed by atoms with Crippen LogP contribution >= 0.6 is 22.9 Å². The fraction of sp³-hybridized carbons (Fsp3) is 0.231. The molecule has 1 aromatic heterocycles. The van der Waals surface area contributed by atoms with Gasteiger partial charge in [0.05, 0.1) is 9.23 Å². The van der Waals surface area contributed by atoms with Crippen molar-refractivity contribution in [1.29, 1.82) is 0 Å². The fourth-order valence-electron chi connectivity index (χ4n) is 1.67. The summed E-state index contributed by atoms with van der Waals surface area (Å²) in [6, 6.07) is 7.47. The lowest BCUT2D eigenvalue weighted by molar-refractivity contribution is 0.472. The van der Waals surface area contributed by atoms with Crippen LogP contribution in [-0.2, 0) is 16.4 Å². The first kappa shape index (κ1) is 15.4. The van der Waals surface area contributed by atoms with Crippen LogP contribution in [0.4, 0.5) is 4.39 Å². The summed E-state index contributed by atoms with van der Waals surface area (Å²) in [5.74, 6) is -0.303. The molecule has 3 nitrogen and oxygen atoms in total. The van der Waals surface area contributed by atoms with E-state index in [-0.39, 0.29) is 10.7 Å². The van der Waals surface area contributed by atoms with Gasteiger partial charge in [-0.05, 0) is 30.2 Å². The van der Waals surface area contributed by atoms with Crippen molar-refractivity contribution in [2.75, 3.05) is 13.6 Å². The fourth-order valence-corrected chi connectivity index (χ4v) is 4.14. The maximum Gasteiger partial charge on any atom is 0.243 e. The maximum atomic E-state index is 12.8. The van der Waals surface area contributed by atoms with E-state index in [9.17, 15) is 12.8 Å². The molecule has 0 saturated heterocycles. The van der Waals surface area contributed by atoms with Gasteiger partial charge in [0.1, 0.15) is 5.82 Å². The van der Waals surface area contributed by atoms with Crippen LogP contribution in [0.15, 0.2) is 40.6 Å². The number of likely N-dealkylation sites (N-methyl/N-ethyl adjacent to an activating group) is 1. The summed E-state index contributed by atoms with van der Waals surface area (Å²) in [6.45, 7) is 0.321. The van der Waals surface area contributed by atoms with Crippen LogP contribution in [0.25, 0.3) is 0 Å². The first-order valence-electron chi connectivity index (χ1n) is 5.84. The van der Waals surface area contributed by atoms with Crippen molar-refractivity contribution in [2.24, 2.45) is 0 Å². The molecule has 0 bridgehead atoms. The lowest BCUT2D eigenvalue weighted by Crippen LogP contribution is -2.28. The Bertz CT molecular complexity index is 683. The average molecular weight is 334 g/mol. The number of nitrogens with zero attached hydrogens (tertiary/aromatic N) is 1. The van der Waals surface area contributed by atoms with E-state index in [1.807, 2.05) is 0 Å². The Kier molecular flexibility index (Phi) is 4.80. The molecule has 0 N–H and O–H groups in total. The van der Waals surface area contributed by atoms with E-state index in [2.05, 4.69) is 0 Å². The Hall–Kier alpha value is -0.950. The number of rotatable bonds is 5. The van der Waals surface area contributed by atoms with E-state index >= 15 is 0 Å². The molecule has 108 valence electrons. The second-order valence-electron chi connectivity index (χ2n) is 4.29. The zero-order valence-corrected chi connectivity index (χ0v) is 13.1. The number of sulfonamides is 1. The molecule has 7 heteroatoms. The van der Waals surface area contributed by atoms with E-state index < -0.39 is 10.0 Å². The van der Waals surface area contributed by atoms with Gasteiger partial charge in [-0.25, -0.2) is 17.1 Å². The first-order chi connectivity index (χ1) is 9.39. The summed E-state index contributed by atoms with van der Waals surface area (Å²) in [7, 11) is -1.99. The molecule has 0 atom stereocenters. The van der Waals surface area contributed by atoms with Crippen molar-refractivity contribution in [3.8, 4) is 0 Å². The summed E-state index contributed by atoms with van der Waals surface area (Å²) < 4.78 is 39.0. The zero-order valence-electron chi connectivity index (χ0n) is 10.7. The summed E-state index contributed by atoms with van der Waals surface area (Å²) in [4.78, 5) is 0.203. The molecule has 1 aromatic carbocycles. The average Bonchev–Trinajstić information content (AvgIpc) is 2.85. The molecule has 0 aliphatic rings. The SMILES string of the molecule is CN(CCc1ccc(F)cc1)S(=O)(=O)c1csc(Cl)c1. The highest BCUT2D eigenvalue weighted by Crippen LogP contribution is 2.25. The zero-order chi connectivity index (χ0) is 14.8. The highest BCUT2D eigenvalue weighted by atomic mass is 35.5. The molecule has 20 heavy (non-hydrogen) atoms. The van der Waals surface area contributed by atoms with Gasteiger partial charge in [0.25, 0.3) is 0 Å². The third-order valence-electron chi connectivity index (χ3n) is 2.88. The monoisotopic (exact) mass is 333 g/mol. The Morgan fingerprint density at radius 2 is 1.95 bits per heavy atom. The van der Waals surface area contributed by atoms with Crippen LogP contribution in [0.1, 0.15) is 5.56 Å². The largest absolute Gasteiger partial charge is 0.243 e. The van der Waals surface area contributed by atoms with Crippen LogP contribution in [0.5, 0.6) is 0 Å². The van der Waals surface area contributed by atoms with Crippen molar-refractivity contribution in [3.63, 3.8) is 0 Å². The number of benzene rings is 1. The number of thiophene rings is 1. The minimum Gasteiger partial charge on any atom is -0.207 e. The summed E-state index contributed by atoms with van der Waals surface area (Å²) in [6.07, 6.45) is 0.522. The smallest absolute Gasteiger partial charge is 0.207 e. The molecule has 0 aliphatic carbocycles. The molecule has 1 heterocycles. The predicted octanol–water partition coefficient (Wildman–Crippen LogP) is 3.40. The van der Waals surface area contributed by atoms with E-state index in [1.165, 1.54) is 46.3 Å². The van der Waals surface area contributed by atoms with Crippen molar-refractivity contribution < 1.29 is 12.8 Å². The molecule has 2 rings (SSSR count). The van der Waals surface area contributed by atoms with Gasteiger partial charge in [-0.1, -0.05) is 23.7 Å². The number of hydrogen-bond donors (Lipinski definition) is 0. The minimum absolute atomic E-state index is 0.203. The van der Waals surface area contributed by atoms with Gasteiger partial charge >= 0.3 is 0 Å². The molecule has 0 amide bonds. The van der Waals surface area contributed by atoms with Crippen molar-refractivity contribution in [2.45, 2.75) is 11.3 Å². The van der Waals surface area contributed by atoms with E-state index in [0.29, 0.717) is 17.3 Å². The quantitative estimate of drug-likeness (QED) is 0.841. The minimum atomic E-state index is -3.51. The third-order valence-corrected chi connectivity index (χ3v) is 5.96. The van der Waals surface area contributed by atoms with Gasteiger partial charge in [-0.3, -0.25) is 0 Å². The molecule has 0 saturated carbocycles. The molecular formula is C13H13ClFNO2S2. The molecule has 2 aromatic rings. The van der Waals surface area contributed by atoms with Crippen molar-refractivity contribution in [1.82, 2.24) is 4.31 Å². The van der Waals surface area contributed by atoms with Gasteiger partial charge in [0.2, 0.25) is 10.0 Å². The number of halogens is 2. The first-order valence-corrected chi connectivity index (χ1v) is 8.54. The molecule has 0 unspecified atom stereocenters. The van der Waals surface area contributed by atoms with Gasteiger partial charge < -0.3 is 0 Å². The molecule has 0 aliphatic heterocycles. The predicted molar refractivity (Wildman–Crippen MR) is 79.2 cm³/mol. The lowest BCUT2D eigenvalue weighted by atomic mass is 10.1. The topological polar surface area (TPSA) is 37.4 Å². The highest BCUT2D eigenvalue weighted by Gasteiger charge is 2.21. The van der Waals surface area contributed by atoms with E-state index in [0.717, 1.165) is 5.56 Å². The van der Waals surface area contributed by atoms with Crippen LogP contribution < -0.4 is 0 Å². The Morgan fingerprint density at radius 3 is 2.50 bits per heavy atom. The van der Waals surface area contributed by atoms with Crippen LogP contribution in [0.2, 0.25) is 4.34 Å². The highest BCUT2D eigenvalue weighted by molar-refractivity contribution is 7.89. The van der Waals surface area contributed by atoms with E-state index in [4.69, 9.17) is 11.6 Å². The van der Waals surface area contributed by atoms with Crippen molar-refractivity contribution in [3.05, 3.63) is 51.4 Å². The Labute approximate surface area is 126 Å². The van der Waals surface area contributed by atoms with Gasteiger partial charge in [-0.2, -0.15) is 0 Å². The second-order valence-corrected chi connectivity index (χ2v) is 7.88. The lowest BCUT2D eigenvalue weighted by Gasteiger charge is -2.16. The Balaban J connectivity index is 2.04.